The van der Waals surface area contributed by atoms with Gasteiger partial charge >= 0.3 is 12.1 Å². The Morgan fingerprint density at radius 3 is 2.14 bits per heavy atom. The molecule has 0 bridgehead atoms. The number of halogens is 3. The Labute approximate surface area is 122 Å². The average Bonchev–Trinajstić information content (AvgIpc) is 2.76. The van der Waals surface area contributed by atoms with Gasteiger partial charge in [-0.3, -0.25) is 9.59 Å². The van der Waals surface area contributed by atoms with E-state index in [2.05, 4.69) is 5.32 Å². The van der Waals surface area contributed by atoms with Crippen LogP contribution in [0.25, 0.3) is 0 Å². The number of hydrogen-bond donors (Lipinski definition) is 1. The third-order valence-electron chi connectivity index (χ3n) is 4.26. The van der Waals surface area contributed by atoms with E-state index in [0.29, 0.717) is 17.7 Å². The molecule has 1 aliphatic heterocycles. The van der Waals surface area contributed by atoms with Crippen molar-refractivity contribution < 1.29 is 22.8 Å². The molecule has 4 nitrogen and oxygen atoms in total. The van der Waals surface area contributed by atoms with Crippen molar-refractivity contribution in [1.82, 2.24) is 10.2 Å². The van der Waals surface area contributed by atoms with Gasteiger partial charge in [0.05, 0.1) is 0 Å². The lowest BCUT2D eigenvalue weighted by atomic mass is 10.1. The molecule has 1 aliphatic carbocycles. The number of nitrogens with zero attached hydrogens (tertiary/aromatic N) is 1. The maximum atomic E-state index is 12.5. The molecule has 0 aromatic carbocycles. The molecule has 1 heterocycles. The molecule has 0 aromatic heterocycles. The summed E-state index contributed by atoms with van der Waals surface area (Å²) >= 11 is 0. The summed E-state index contributed by atoms with van der Waals surface area (Å²) in [5.74, 6) is -2.34. The molecule has 0 radical (unpaired) electrons. The second kappa shape index (κ2) is 6.66. The van der Waals surface area contributed by atoms with Crippen molar-refractivity contribution in [2.45, 2.75) is 69.6 Å². The summed E-state index contributed by atoms with van der Waals surface area (Å²) in [6.07, 6.45) is 1.89. The van der Waals surface area contributed by atoms with Crippen LogP contribution in [0, 0.1) is 0 Å². The van der Waals surface area contributed by atoms with Gasteiger partial charge in [-0.25, -0.2) is 0 Å². The first-order chi connectivity index (χ1) is 9.89. The molecule has 2 aliphatic rings. The quantitative estimate of drug-likeness (QED) is 0.796. The monoisotopic (exact) mass is 306 g/mol. The van der Waals surface area contributed by atoms with Crippen molar-refractivity contribution in [1.29, 1.82) is 0 Å². The van der Waals surface area contributed by atoms with Gasteiger partial charge in [-0.2, -0.15) is 13.2 Å². The largest absolute Gasteiger partial charge is 0.471 e. The summed E-state index contributed by atoms with van der Waals surface area (Å²) in [6.45, 7) is 0.00109. The molecule has 2 rings (SSSR count). The van der Waals surface area contributed by atoms with Crippen molar-refractivity contribution in [2.75, 3.05) is 6.54 Å². The van der Waals surface area contributed by atoms with Crippen LogP contribution in [0.15, 0.2) is 0 Å². The first-order valence-electron chi connectivity index (χ1n) is 7.58. The Morgan fingerprint density at radius 1 is 0.952 bits per heavy atom. The number of hydrogen-bond acceptors (Lipinski definition) is 2. The van der Waals surface area contributed by atoms with Gasteiger partial charge in [0.2, 0.25) is 5.91 Å². The zero-order valence-corrected chi connectivity index (χ0v) is 11.9. The Kier molecular flexibility index (Phi) is 5.11. The lowest BCUT2D eigenvalue weighted by molar-refractivity contribution is -0.186. The first kappa shape index (κ1) is 16.1. The van der Waals surface area contributed by atoms with Gasteiger partial charge in [0.1, 0.15) is 6.04 Å². The van der Waals surface area contributed by atoms with Crippen molar-refractivity contribution in [2.24, 2.45) is 0 Å². The fraction of sp³-hybridized carbons (Fsp3) is 0.857. The van der Waals surface area contributed by atoms with Crippen LogP contribution in [0.3, 0.4) is 0 Å². The van der Waals surface area contributed by atoms with Crippen LogP contribution in [0.5, 0.6) is 0 Å². The minimum absolute atomic E-state index is 0.00109. The maximum absolute atomic E-state index is 12.5. The highest BCUT2D eigenvalue weighted by Crippen LogP contribution is 2.26. The number of nitrogens with one attached hydrogen (secondary N) is 1. The van der Waals surface area contributed by atoms with Crippen molar-refractivity contribution in [3.63, 3.8) is 0 Å². The molecule has 2 fully saturated rings. The Bertz CT molecular complexity index is 390. The van der Waals surface area contributed by atoms with E-state index in [1.54, 1.807) is 0 Å². The second-order valence-electron chi connectivity index (χ2n) is 5.85. The summed E-state index contributed by atoms with van der Waals surface area (Å²) in [6, 6.07) is -0.939. The molecule has 120 valence electrons. The van der Waals surface area contributed by atoms with Crippen molar-refractivity contribution >= 4 is 11.8 Å². The minimum atomic E-state index is -4.91. The zero-order valence-electron chi connectivity index (χ0n) is 11.9. The van der Waals surface area contributed by atoms with Crippen LogP contribution in [-0.2, 0) is 9.59 Å². The standard InChI is InChI=1S/C14H21F3N2O2/c15-14(16,17)13(21)19-9-5-8-11(19)12(20)18-10-6-3-1-2-4-7-10/h10-11H,1-9H2,(H,18,20). The molecule has 1 saturated carbocycles. The summed E-state index contributed by atoms with van der Waals surface area (Å²) in [5.41, 5.74) is 0. The zero-order chi connectivity index (χ0) is 15.5. The molecule has 7 heteroatoms. The van der Waals surface area contributed by atoms with Crippen molar-refractivity contribution in [3.05, 3.63) is 0 Å². The molecule has 0 spiro atoms. The van der Waals surface area contributed by atoms with Gasteiger partial charge in [0.15, 0.2) is 0 Å². The highest BCUT2D eigenvalue weighted by molar-refractivity contribution is 5.90. The van der Waals surface area contributed by atoms with Crippen LogP contribution in [0.2, 0.25) is 0 Å². The van der Waals surface area contributed by atoms with Crippen LogP contribution in [-0.4, -0.2) is 41.5 Å². The number of alkyl halides is 3. The van der Waals surface area contributed by atoms with E-state index in [4.69, 9.17) is 0 Å². The Hall–Kier alpha value is -1.27. The van der Waals surface area contributed by atoms with Crippen LogP contribution in [0.4, 0.5) is 13.2 Å². The van der Waals surface area contributed by atoms with Crippen LogP contribution < -0.4 is 5.32 Å². The van der Waals surface area contributed by atoms with E-state index >= 15 is 0 Å². The minimum Gasteiger partial charge on any atom is -0.352 e. The first-order valence-corrected chi connectivity index (χ1v) is 7.58. The molecule has 1 saturated heterocycles. The van der Waals surface area contributed by atoms with Gasteiger partial charge in [-0.1, -0.05) is 25.7 Å². The van der Waals surface area contributed by atoms with Crippen LogP contribution >= 0.6 is 0 Å². The lowest BCUT2D eigenvalue weighted by Crippen LogP contribution is -2.51. The van der Waals surface area contributed by atoms with Crippen LogP contribution in [0.1, 0.15) is 51.4 Å². The Balaban J connectivity index is 1.95. The fourth-order valence-electron chi connectivity index (χ4n) is 3.17. The van der Waals surface area contributed by atoms with E-state index in [-0.39, 0.29) is 12.6 Å². The third kappa shape index (κ3) is 4.11. The van der Waals surface area contributed by atoms with E-state index in [9.17, 15) is 22.8 Å². The van der Waals surface area contributed by atoms with Gasteiger partial charge in [0, 0.05) is 12.6 Å². The molecule has 1 unspecified atom stereocenters. The maximum Gasteiger partial charge on any atom is 0.471 e. The molecule has 21 heavy (non-hydrogen) atoms. The number of carbonyl (C=O) groups is 2. The summed E-state index contributed by atoms with van der Waals surface area (Å²) in [7, 11) is 0. The highest BCUT2D eigenvalue weighted by Gasteiger charge is 2.47. The van der Waals surface area contributed by atoms with Gasteiger partial charge in [-0.15, -0.1) is 0 Å². The van der Waals surface area contributed by atoms with E-state index < -0.39 is 24.0 Å². The molecular formula is C14H21F3N2O2. The normalized spacial score (nSPS) is 24.7. The third-order valence-corrected chi connectivity index (χ3v) is 4.26. The SMILES string of the molecule is O=C(NC1CCCCCC1)C1CCCN1C(=O)C(F)(F)F. The molecular weight excluding hydrogens is 285 g/mol. The summed E-state index contributed by atoms with van der Waals surface area (Å²) < 4.78 is 37.6. The lowest BCUT2D eigenvalue weighted by Gasteiger charge is -2.26. The molecule has 1 atom stereocenters. The van der Waals surface area contributed by atoms with Gasteiger partial charge < -0.3 is 10.2 Å². The van der Waals surface area contributed by atoms with E-state index in [1.807, 2.05) is 0 Å². The summed E-state index contributed by atoms with van der Waals surface area (Å²) in [5, 5.41) is 2.84. The fourth-order valence-corrected chi connectivity index (χ4v) is 3.17. The van der Waals surface area contributed by atoms with Crippen molar-refractivity contribution in [3.8, 4) is 0 Å². The molecule has 2 amide bonds. The average molecular weight is 306 g/mol. The second-order valence-corrected chi connectivity index (χ2v) is 5.85. The van der Waals surface area contributed by atoms with E-state index in [0.717, 1.165) is 38.5 Å². The van der Waals surface area contributed by atoms with E-state index in [1.165, 1.54) is 0 Å². The topological polar surface area (TPSA) is 49.4 Å². The Morgan fingerprint density at radius 2 is 1.57 bits per heavy atom. The predicted molar refractivity (Wildman–Crippen MR) is 70.4 cm³/mol. The van der Waals surface area contributed by atoms with Gasteiger partial charge in [-0.05, 0) is 25.7 Å². The number of rotatable bonds is 2. The molecule has 1 N–H and O–H groups in total. The summed E-state index contributed by atoms with van der Waals surface area (Å²) in [4.78, 5) is 24.2. The highest BCUT2D eigenvalue weighted by atomic mass is 19.4. The molecule has 0 aromatic rings. The smallest absolute Gasteiger partial charge is 0.352 e. The number of carbonyl (C=O) groups excluding carboxylic acids is 2. The number of likely N-dealkylation sites (tertiary alicyclic amines) is 1. The van der Waals surface area contributed by atoms with Gasteiger partial charge in [0.25, 0.3) is 0 Å². The predicted octanol–water partition coefficient (Wildman–Crippen LogP) is 2.38. The number of amides is 2.